The summed E-state index contributed by atoms with van der Waals surface area (Å²) in [5, 5.41) is 6.43. The second kappa shape index (κ2) is 13.2. The van der Waals surface area contributed by atoms with Crippen LogP contribution in [0.25, 0.3) is 0 Å². The minimum Gasteiger partial charge on any atom is -0.450 e. The highest BCUT2D eigenvalue weighted by Gasteiger charge is 2.23. The van der Waals surface area contributed by atoms with Gasteiger partial charge in [0, 0.05) is 24.5 Å². The van der Waals surface area contributed by atoms with Crippen LogP contribution >= 0.6 is 11.3 Å². The Morgan fingerprint density at radius 1 is 1.35 bits per heavy atom. The molecule has 0 unspecified atom stereocenters. The average Bonchev–Trinajstić information content (AvgIpc) is 2.96. The topological polar surface area (TPSA) is 54.5 Å². The first-order valence-corrected chi connectivity index (χ1v) is 9.58. The van der Waals surface area contributed by atoms with Crippen LogP contribution in [0, 0.1) is 6.92 Å². The van der Waals surface area contributed by atoms with Crippen LogP contribution in [0.15, 0.2) is 5.38 Å². The molecule has 0 radical (unpaired) electrons. The van der Waals surface area contributed by atoms with Crippen molar-refractivity contribution in [3.05, 3.63) is 11.1 Å². The van der Waals surface area contributed by atoms with Crippen LogP contribution in [-0.2, 0) is 4.74 Å². The third-order valence-corrected chi connectivity index (χ3v) is 3.86. The Morgan fingerprint density at radius 3 is 2.35 bits per heavy atom. The molecule has 2 rings (SSSR count). The summed E-state index contributed by atoms with van der Waals surface area (Å²) in [7, 11) is 0. The number of ether oxygens (including phenoxy) is 1. The zero-order valence-electron chi connectivity index (χ0n) is 15.5. The lowest BCUT2D eigenvalue weighted by Crippen LogP contribution is -2.42. The molecule has 1 N–H and O–H groups in total. The van der Waals surface area contributed by atoms with E-state index >= 15 is 0 Å². The Labute approximate surface area is 145 Å². The van der Waals surface area contributed by atoms with Crippen molar-refractivity contribution in [2.24, 2.45) is 0 Å². The van der Waals surface area contributed by atoms with Crippen molar-refractivity contribution in [2.45, 2.75) is 66.8 Å². The van der Waals surface area contributed by atoms with Gasteiger partial charge in [-0.15, -0.1) is 11.3 Å². The molecule has 134 valence electrons. The fraction of sp³-hybridized carbons (Fsp3) is 0.765. The summed E-state index contributed by atoms with van der Waals surface area (Å²) in [5.74, 6) is 0. The predicted molar refractivity (Wildman–Crippen MR) is 99.4 cm³/mol. The molecule has 23 heavy (non-hydrogen) atoms. The maximum Gasteiger partial charge on any atom is 0.409 e. The fourth-order valence-corrected chi connectivity index (χ4v) is 2.78. The van der Waals surface area contributed by atoms with E-state index in [1.165, 1.54) is 6.42 Å². The number of rotatable bonds is 3. The number of thiazole rings is 1. The number of aryl methyl sites for hydroxylation is 1. The summed E-state index contributed by atoms with van der Waals surface area (Å²) in [6.45, 7) is 14.0. The van der Waals surface area contributed by atoms with E-state index < -0.39 is 0 Å². The summed E-state index contributed by atoms with van der Waals surface area (Å²) in [4.78, 5) is 17.7. The zero-order valence-corrected chi connectivity index (χ0v) is 16.3. The Morgan fingerprint density at radius 2 is 1.91 bits per heavy atom. The fourth-order valence-electron chi connectivity index (χ4n) is 2.02. The largest absolute Gasteiger partial charge is 0.450 e. The molecule has 1 aromatic heterocycles. The Kier molecular flexibility index (Phi) is 12.4. The second-order valence-corrected chi connectivity index (χ2v) is 5.96. The van der Waals surface area contributed by atoms with Gasteiger partial charge >= 0.3 is 6.09 Å². The summed E-state index contributed by atoms with van der Waals surface area (Å²) in [5.41, 5.74) is 1.05. The average molecular weight is 344 g/mol. The quantitative estimate of drug-likeness (QED) is 0.845. The van der Waals surface area contributed by atoms with E-state index in [9.17, 15) is 4.79 Å². The Hall–Kier alpha value is -1.30. The minimum atomic E-state index is -0.193. The van der Waals surface area contributed by atoms with Gasteiger partial charge < -0.3 is 15.0 Å². The number of anilines is 1. The van der Waals surface area contributed by atoms with Crippen molar-refractivity contribution in [1.82, 2.24) is 9.88 Å². The molecule has 0 aliphatic carbocycles. The molecule has 0 aromatic carbocycles. The number of carbonyl (C=O) groups is 1. The summed E-state index contributed by atoms with van der Waals surface area (Å²) < 4.78 is 4.99. The molecule has 1 aliphatic heterocycles. The lowest BCUT2D eigenvalue weighted by molar-refractivity contribution is 0.0983. The van der Waals surface area contributed by atoms with Gasteiger partial charge in [-0.25, -0.2) is 9.78 Å². The molecule has 0 bridgehead atoms. The summed E-state index contributed by atoms with van der Waals surface area (Å²) in [6.07, 6.45) is 2.94. The van der Waals surface area contributed by atoms with Gasteiger partial charge in [0.15, 0.2) is 5.13 Å². The lowest BCUT2D eigenvalue weighted by Gasteiger charge is -2.31. The summed E-state index contributed by atoms with van der Waals surface area (Å²) in [6, 6.07) is 0.404. The van der Waals surface area contributed by atoms with Crippen molar-refractivity contribution < 1.29 is 9.53 Å². The molecule has 1 aromatic rings. The molecule has 1 fully saturated rings. The van der Waals surface area contributed by atoms with Crippen molar-refractivity contribution in [3.63, 3.8) is 0 Å². The number of nitrogens with one attached hydrogen (secondary N) is 1. The molecule has 6 heteroatoms. The molecular formula is C17H33N3O2S. The number of nitrogens with zero attached hydrogens (tertiary/aromatic N) is 2. The van der Waals surface area contributed by atoms with Gasteiger partial charge in [0.1, 0.15) is 0 Å². The van der Waals surface area contributed by atoms with Crippen LogP contribution in [-0.4, -0.2) is 41.7 Å². The van der Waals surface area contributed by atoms with Crippen molar-refractivity contribution in [2.75, 3.05) is 25.0 Å². The maximum atomic E-state index is 11.5. The Bertz CT molecular complexity index is 416. The maximum absolute atomic E-state index is 11.5. The number of hydrogen-bond donors (Lipinski definition) is 1. The van der Waals surface area contributed by atoms with E-state index in [2.05, 4.69) is 24.1 Å². The highest BCUT2D eigenvalue weighted by molar-refractivity contribution is 7.13. The van der Waals surface area contributed by atoms with Crippen LogP contribution in [0.1, 0.15) is 59.6 Å². The number of piperidine rings is 1. The predicted octanol–water partition coefficient (Wildman–Crippen LogP) is 4.93. The number of carbonyl (C=O) groups excluding carboxylic acids is 1. The van der Waals surface area contributed by atoms with E-state index in [4.69, 9.17) is 4.74 Å². The van der Waals surface area contributed by atoms with E-state index in [0.717, 1.165) is 36.8 Å². The van der Waals surface area contributed by atoms with Crippen LogP contribution < -0.4 is 5.32 Å². The van der Waals surface area contributed by atoms with Gasteiger partial charge in [-0.05, 0) is 26.7 Å². The Balaban J connectivity index is 0.000000868. The highest BCUT2D eigenvalue weighted by Crippen LogP contribution is 2.20. The van der Waals surface area contributed by atoms with Gasteiger partial charge in [0.05, 0.1) is 12.3 Å². The molecule has 1 aliphatic rings. The van der Waals surface area contributed by atoms with Crippen molar-refractivity contribution >= 4 is 22.6 Å². The first-order valence-electron chi connectivity index (χ1n) is 8.71. The van der Waals surface area contributed by atoms with Gasteiger partial charge in [-0.1, -0.05) is 34.1 Å². The summed E-state index contributed by atoms with van der Waals surface area (Å²) >= 11 is 1.63. The molecular weight excluding hydrogens is 310 g/mol. The van der Waals surface area contributed by atoms with Crippen LogP contribution in [0.3, 0.4) is 0 Å². The van der Waals surface area contributed by atoms with Gasteiger partial charge in [-0.2, -0.15) is 0 Å². The molecule has 0 saturated carbocycles. The molecule has 0 spiro atoms. The monoisotopic (exact) mass is 343 g/mol. The smallest absolute Gasteiger partial charge is 0.409 e. The molecule has 1 amide bonds. The van der Waals surface area contributed by atoms with E-state index in [-0.39, 0.29) is 6.09 Å². The SMILES string of the molecule is CC.CCC.CCOC(=O)N1CCC(Nc2nc(C)cs2)CC1. The zero-order chi connectivity index (χ0) is 17.7. The number of hydrogen-bond acceptors (Lipinski definition) is 5. The standard InChI is InChI=1S/C12H19N3O2S.C3H8.C2H6/c1-3-17-12(16)15-6-4-10(5-7-15)14-11-13-9(2)8-18-11;1-3-2;1-2/h8,10H,3-7H2,1-2H3,(H,13,14);3H2,1-2H3;1-2H3. The minimum absolute atomic E-state index is 0.193. The number of likely N-dealkylation sites (tertiary alicyclic amines) is 1. The third kappa shape index (κ3) is 8.79. The van der Waals surface area contributed by atoms with E-state index in [1.54, 1.807) is 16.2 Å². The number of amides is 1. The molecule has 0 atom stereocenters. The first kappa shape index (κ1) is 21.7. The second-order valence-electron chi connectivity index (χ2n) is 5.11. The van der Waals surface area contributed by atoms with Gasteiger partial charge in [0.25, 0.3) is 0 Å². The van der Waals surface area contributed by atoms with Gasteiger partial charge in [0.2, 0.25) is 0 Å². The highest BCUT2D eigenvalue weighted by atomic mass is 32.1. The first-order chi connectivity index (χ1) is 11.1. The number of aromatic nitrogens is 1. The van der Waals surface area contributed by atoms with E-state index in [0.29, 0.717) is 12.6 Å². The van der Waals surface area contributed by atoms with Crippen LogP contribution in [0.5, 0.6) is 0 Å². The molecule has 1 saturated heterocycles. The van der Waals surface area contributed by atoms with Crippen molar-refractivity contribution in [3.8, 4) is 0 Å². The van der Waals surface area contributed by atoms with Crippen LogP contribution in [0.4, 0.5) is 9.93 Å². The van der Waals surface area contributed by atoms with E-state index in [1.807, 2.05) is 33.1 Å². The van der Waals surface area contributed by atoms with Crippen LogP contribution in [0.2, 0.25) is 0 Å². The lowest BCUT2D eigenvalue weighted by atomic mass is 10.1. The van der Waals surface area contributed by atoms with Crippen molar-refractivity contribution in [1.29, 1.82) is 0 Å². The van der Waals surface area contributed by atoms with Gasteiger partial charge in [-0.3, -0.25) is 0 Å². The molecule has 5 nitrogen and oxygen atoms in total. The molecule has 2 heterocycles. The third-order valence-electron chi connectivity index (χ3n) is 2.97. The normalized spacial score (nSPS) is 14.1.